The van der Waals surface area contributed by atoms with Crippen LogP contribution in [0.4, 0.5) is 0 Å². The van der Waals surface area contributed by atoms with E-state index in [0.717, 1.165) is 18.5 Å². The highest BCUT2D eigenvalue weighted by Gasteiger charge is 2.16. The van der Waals surface area contributed by atoms with Crippen LogP contribution in [0.1, 0.15) is 16.8 Å². The summed E-state index contributed by atoms with van der Waals surface area (Å²) < 4.78 is 7.90. The molecule has 0 radical (unpaired) electrons. The highest BCUT2D eigenvalue weighted by atomic mass is 16.4. The molecule has 1 N–H and O–H groups in total. The van der Waals surface area contributed by atoms with Crippen LogP contribution in [0, 0.1) is 0 Å². The van der Waals surface area contributed by atoms with Gasteiger partial charge in [0.15, 0.2) is 5.76 Å². The van der Waals surface area contributed by atoms with Crippen LogP contribution in [0.15, 0.2) is 83.9 Å². The molecule has 6 nitrogen and oxygen atoms in total. The van der Waals surface area contributed by atoms with Crippen molar-refractivity contribution < 1.29 is 9.21 Å². The maximum absolute atomic E-state index is 12.7. The fourth-order valence-corrected chi connectivity index (χ4v) is 2.98. The number of hydrogen-bond donors (Lipinski definition) is 1. The van der Waals surface area contributed by atoms with E-state index >= 15 is 0 Å². The van der Waals surface area contributed by atoms with Crippen LogP contribution >= 0.6 is 0 Å². The third kappa shape index (κ3) is 4.01. The van der Waals surface area contributed by atoms with Gasteiger partial charge in [-0.15, -0.1) is 0 Å². The van der Waals surface area contributed by atoms with Crippen LogP contribution in [0.5, 0.6) is 0 Å². The van der Waals surface area contributed by atoms with Crippen LogP contribution in [-0.4, -0.2) is 27.0 Å². The summed E-state index contributed by atoms with van der Waals surface area (Å²) in [7, 11) is 0. The zero-order valence-corrected chi connectivity index (χ0v) is 15.3. The Morgan fingerprint density at radius 3 is 2.71 bits per heavy atom. The third-order valence-corrected chi connectivity index (χ3v) is 4.40. The van der Waals surface area contributed by atoms with Crippen molar-refractivity contribution in [3.05, 3.63) is 85.1 Å². The maximum atomic E-state index is 12.7. The fourth-order valence-electron chi connectivity index (χ4n) is 2.98. The number of nitrogens with one attached hydrogen (secondary N) is 1. The quantitative estimate of drug-likeness (QED) is 0.497. The third-order valence-electron chi connectivity index (χ3n) is 4.40. The first-order valence-corrected chi connectivity index (χ1v) is 9.16. The van der Waals surface area contributed by atoms with Gasteiger partial charge in [-0.3, -0.25) is 4.79 Å². The summed E-state index contributed by atoms with van der Waals surface area (Å²) in [5.74, 6) is 0.967. The van der Waals surface area contributed by atoms with Crippen molar-refractivity contribution in [2.75, 3.05) is 6.54 Å². The van der Waals surface area contributed by atoms with Crippen molar-refractivity contribution in [2.24, 2.45) is 0 Å². The fraction of sp³-hybridized carbons (Fsp3) is 0.136. The second kappa shape index (κ2) is 8.35. The minimum absolute atomic E-state index is 0.138. The molecule has 0 aliphatic carbocycles. The summed E-state index contributed by atoms with van der Waals surface area (Å²) in [6, 6.07) is 17.1. The molecule has 6 heteroatoms. The number of aryl methyl sites for hydroxylation is 1. The lowest BCUT2D eigenvalue weighted by molar-refractivity contribution is 0.0953. The predicted molar refractivity (Wildman–Crippen MR) is 107 cm³/mol. The summed E-state index contributed by atoms with van der Waals surface area (Å²) in [6.07, 6.45) is 7.93. The van der Waals surface area contributed by atoms with Crippen LogP contribution in [0.3, 0.4) is 0 Å². The molecule has 0 aliphatic heterocycles. The van der Waals surface area contributed by atoms with E-state index in [9.17, 15) is 4.79 Å². The summed E-state index contributed by atoms with van der Waals surface area (Å²) in [4.78, 5) is 21.1. The Kier molecular flexibility index (Phi) is 5.29. The molecule has 2 heterocycles. The Morgan fingerprint density at radius 1 is 1.07 bits per heavy atom. The van der Waals surface area contributed by atoms with Gasteiger partial charge in [-0.05, 0) is 18.6 Å². The first-order chi connectivity index (χ1) is 13.8. The number of oxazole rings is 1. The van der Waals surface area contributed by atoms with Gasteiger partial charge >= 0.3 is 0 Å². The summed E-state index contributed by atoms with van der Waals surface area (Å²) in [5.41, 5.74) is 2.17. The number of imidazole rings is 1. The SMILES string of the molecule is O=C(NCCCn1ccnc1)c1ccccc1-c1ncc(-c2ccccc2)o1. The highest BCUT2D eigenvalue weighted by molar-refractivity contribution is 6.00. The van der Waals surface area contributed by atoms with Crippen molar-refractivity contribution in [3.63, 3.8) is 0 Å². The molecular weight excluding hydrogens is 352 g/mol. The molecular formula is C22H20N4O2. The second-order valence-corrected chi connectivity index (χ2v) is 6.35. The summed E-state index contributed by atoms with van der Waals surface area (Å²) >= 11 is 0. The van der Waals surface area contributed by atoms with Gasteiger partial charge in [0, 0.05) is 36.6 Å². The molecule has 2 aromatic heterocycles. The Hall–Kier alpha value is -3.67. The lowest BCUT2D eigenvalue weighted by atomic mass is 10.1. The van der Waals surface area contributed by atoms with E-state index in [4.69, 9.17) is 4.42 Å². The van der Waals surface area contributed by atoms with E-state index in [2.05, 4.69) is 15.3 Å². The predicted octanol–water partition coefficient (Wildman–Crippen LogP) is 4.03. The molecule has 0 aliphatic rings. The summed E-state index contributed by atoms with van der Waals surface area (Å²) in [5, 5.41) is 2.97. The Balaban J connectivity index is 1.46. The van der Waals surface area contributed by atoms with Crippen LogP contribution in [-0.2, 0) is 6.54 Å². The number of aromatic nitrogens is 3. The number of carbonyl (C=O) groups excluding carboxylic acids is 1. The Morgan fingerprint density at radius 2 is 1.89 bits per heavy atom. The van der Waals surface area contributed by atoms with E-state index < -0.39 is 0 Å². The standard InChI is InChI=1S/C22H20N4O2/c27-21(24-11-6-13-26-14-12-23-16-26)18-9-4-5-10-19(18)22-25-15-20(28-22)17-7-2-1-3-8-17/h1-5,7-10,12,14-16H,6,11,13H2,(H,24,27). The van der Waals surface area contributed by atoms with E-state index in [1.807, 2.05) is 59.3 Å². The normalized spacial score (nSPS) is 10.7. The van der Waals surface area contributed by atoms with Crippen molar-refractivity contribution in [3.8, 4) is 22.8 Å². The molecule has 140 valence electrons. The number of benzene rings is 2. The number of amides is 1. The van der Waals surface area contributed by atoms with E-state index in [-0.39, 0.29) is 5.91 Å². The van der Waals surface area contributed by atoms with Crippen molar-refractivity contribution >= 4 is 5.91 Å². The Bertz CT molecular complexity index is 1040. The second-order valence-electron chi connectivity index (χ2n) is 6.35. The number of hydrogen-bond acceptors (Lipinski definition) is 4. The van der Waals surface area contributed by atoms with Gasteiger partial charge in [-0.25, -0.2) is 9.97 Å². The smallest absolute Gasteiger partial charge is 0.252 e. The zero-order valence-electron chi connectivity index (χ0n) is 15.3. The largest absolute Gasteiger partial charge is 0.436 e. The molecule has 0 saturated carbocycles. The molecule has 4 rings (SSSR count). The van der Waals surface area contributed by atoms with E-state index in [1.54, 1.807) is 24.8 Å². The van der Waals surface area contributed by atoms with Gasteiger partial charge in [-0.1, -0.05) is 42.5 Å². The van der Waals surface area contributed by atoms with Crippen molar-refractivity contribution in [2.45, 2.75) is 13.0 Å². The topological polar surface area (TPSA) is 73.0 Å². The van der Waals surface area contributed by atoms with Crippen molar-refractivity contribution in [1.82, 2.24) is 19.9 Å². The van der Waals surface area contributed by atoms with E-state index in [1.165, 1.54) is 0 Å². The number of carbonyl (C=O) groups is 1. The van der Waals surface area contributed by atoms with Crippen LogP contribution in [0.2, 0.25) is 0 Å². The highest BCUT2D eigenvalue weighted by Crippen LogP contribution is 2.28. The molecule has 2 aromatic carbocycles. The zero-order chi connectivity index (χ0) is 19.2. The lowest BCUT2D eigenvalue weighted by Gasteiger charge is -2.08. The molecule has 0 bridgehead atoms. The van der Waals surface area contributed by atoms with Gasteiger partial charge in [-0.2, -0.15) is 0 Å². The molecule has 28 heavy (non-hydrogen) atoms. The summed E-state index contributed by atoms with van der Waals surface area (Å²) in [6.45, 7) is 1.38. The molecule has 1 amide bonds. The van der Waals surface area contributed by atoms with Gasteiger partial charge in [0.25, 0.3) is 5.91 Å². The van der Waals surface area contributed by atoms with Gasteiger partial charge in [0.1, 0.15) is 0 Å². The Labute approximate surface area is 162 Å². The van der Waals surface area contributed by atoms with Crippen molar-refractivity contribution in [1.29, 1.82) is 0 Å². The maximum Gasteiger partial charge on any atom is 0.252 e. The van der Waals surface area contributed by atoms with Crippen LogP contribution in [0.25, 0.3) is 22.8 Å². The van der Waals surface area contributed by atoms with Gasteiger partial charge in [0.2, 0.25) is 5.89 Å². The first kappa shape index (κ1) is 17.7. The number of nitrogens with zero attached hydrogens (tertiary/aromatic N) is 3. The van der Waals surface area contributed by atoms with Gasteiger partial charge in [0.05, 0.1) is 18.1 Å². The molecule has 0 spiro atoms. The van der Waals surface area contributed by atoms with Gasteiger partial charge < -0.3 is 14.3 Å². The van der Waals surface area contributed by atoms with Crippen LogP contribution < -0.4 is 5.32 Å². The number of rotatable bonds is 7. The monoisotopic (exact) mass is 372 g/mol. The average Bonchev–Trinajstić information content (AvgIpc) is 3.44. The molecule has 0 fully saturated rings. The first-order valence-electron chi connectivity index (χ1n) is 9.16. The molecule has 0 atom stereocenters. The molecule has 0 unspecified atom stereocenters. The minimum atomic E-state index is -0.138. The average molecular weight is 372 g/mol. The molecule has 0 saturated heterocycles. The minimum Gasteiger partial charge on any atom is -0.436 e. The molecule has 4 aromatic rings. The lowest BCUT2D eigenvalue weighted by Crippen LogP contribution is -2.25. The van der Waals surface area contributed by atoms with E-state index in [0.29, 0.717) is 29.3 Å².